The number of fused-ring (bicyclic) bond motifs is 1. The molecule has 35 heavy (non-hydrogen) atoms. The van der Waals surface area contributed by atoms with Crippen molar-refractivity contribution in [2.24, 2.45) is 5.41 Å². The fourth-order valence-electron chi connectivity index (χ4n) is 4.86. The molecule has 0 amide bonds. The summed E-state index contributed by atoms with van der Waals surface area (Å²) in [6, 6.07) is 23.4. The Morgan fingerprint density at radius 2 is 1.46 bits per heavy atom. The summed E-state index contributed by atoms with van der Waals surface area (Å²) in [6.07, 6.45) is 2.77. The molecule has 5 aromatic rings. The Morgan fingerprint density at radius 1 is 0.743 bits per heavy atom. The van der Waals surface area contributed by atoms with Gasteiger partial charge in [-0.2, -0.15) is 0 Å². The lowest BCUT2D eigenvalue weighted by Gasteiger charge is -2.16. The normalized spacial score (nSPS) is 11.8. The third-order valence-corrected chi connectivity index (χ3v) is 6.43. The molecule has 0 aliphatic rings. The molecule has 0 unspecified atom stereocenters. The van der Waals surface area contributed by atoms with Crippen molar-refractivity contribution in [3.8, 4) is 33.5 Å². The first-order chi connectivity index (χ1) is 16.7. The summed E-state index contributed by atoms with van der Waals surface area (Å²) in [7, 11) is 0. The number of nitrogens with zero attached hydrogens (tertiary/aromatic N) is 2. The fourth-order valence-corrected chi connectivity index (χ4v) is 4.86. The second-order valence-corrected chi connectivity index (χ2v) is 10.7. The molecule has 2 aromatic heterocycles. The molecule has 3 aromatic carbocycles. The van der Waals surface area contributed by atoms with Crippen LogP contribution in [-0.4, -0.2) is 9.97 Å². The average molecular weight is 461 g/mol. The zero-order valence-corrected chi connectivity index (χ0v) is 21.4. The molecule has 0 atom stereocenters. The Balaban J connectivity index is 1.61. The maximum Gasteiger partial charge on any atom is 0.196 e. The number of pyridine rings is 1. The fraction of sp³-hybridized carbons (Fsp3) is 0.250. The van der Waals surface area contributed by atoms with Crippen molar-refractivity contribution in [3.63, 3.8) is 0 Å². The molecule has 0 N–H and O–H groups in total. The number of hydrogen-bond donors (Lipinski definition) is 0. The highest BCUT2D eigenvalue weighted by Gasteiger charge is 2.19. The van der Waals surface area contributed by atoms with Gasteiger partial charge < -0.3 is 4.42 Å². The van der Waals surface area contributed by atoms with E-state index in [2.05, 4.69) is 96.1 Å². The standard InChI is InChI=1S/C32H32N2O/c1-20-15-24(23-11-8-7-9-12-23)16-21(2)30(20)26-17-27(33-19-22(26)3)25-13-10-14-28-31(25)34-29(35-28)18-32(4,5)6/h7-17,19H,18H2,1-6H3. The number of aryl methyl sites for hydroxylation is 3. The topological polar surface area (TPSA) is 38.9 Å². The second kappa shape index (κ2) is 8.81. The maximum atomic E-state index is 6.10. The van der Waals surface area contributed by atoms with Gasteiger partial charge in [-0.25, -0.2) is 4.98 Å². The van der Waals surface area contributed by atoms with Crippen molar-refractivity contribution >= 4 is 11.1 Å². The van der Waals surface area contributed by atoms with E-state index in [4.69, 9.17) is 14.4 Å². The molecule has 0 saturated heterocycles. The van der Waals surface area contributed by atoms with Crippen LogP contribution in [0.2, 0.25) is 0 Å². The third kappa shape index (κ3) is 4.64. The number of rotatable bonds is 4. The van der Waals surface area contributed by atoms with Gasteiger partial charge >= 0.3 is 0 Å². The van der Waals surface area contributed by atoms with Crippen LogP contribution < -0.4 is 0 Å². The molecule has 3 nitrogen and oxygen atoms in total. The van der Waals surface area contributed by atoms with E-state index in [-0.39, 0.29) is 5.41 Å². The number of para-hydroxylation sites is 1. The summed E-state index contributed by atoms with van der Waals surface area (Å²) in [5.74, 6) is 0.774. The van der Waals surface area contributed by atoms with Crippen LogP contribution in [0.3, 0.4) is 0 Å². The van der Waals surface area contributed by atoms with Gasteiger partial charge in [0.25, 0.3) is 0 Å². The Hall–Kier alpha value is -3.72. The van der Waals surface area contributed by atoms with Gasteiger partial charge in [-0.1, -0.05) is 75.4 Å². The van der Waals surface area contributed by atoms with Crippen molar-refractivity contribution in [1.29, 1.82) is 0 Å². The Kier molecular flexibility index (Phi) is 5.80. The van der Waals surface area contributed by atoms with Crippen LogP contribution in [0.15, 0.2) is 77.3 Å². The van der Waals surface area contributed by atoms with Crippen molar-refractivity contribution in [1.82, 2.24) is 9.97 Å². The molecule has 2 heterocycles. The molecule has 0 spiro atoms. The largest absolute Gasteiger partial charge is 0.441 e. The van der Waals surface area contributed by atoms with Gasteiger partial charge in [0, 0.05) is 18.2 Å². The minimum Gasteiger partial charge on any atom is -0.441 e. The van der Waals surface area contributed by atoms with E-state index >= 15 is 0 Å². The third-order valence-electron chi connectivity index (χ3n) is 6.43. The summed E-state index contributed by atoms with van der Waals surface area (Å²) in [4.78, 5) is 9.68. The predicted octanol–water partition coefficient (Wildman–Crippen LogP) is 8.74. The molecule has 0 saturated carbocycles. The van der Waals surface area contributed by atoms with Gasteiger partial charge in [0.2, 0.25) is 0 Å². The Morgan fingerprint density at radius 3 is 2.14 bits per heavy atom. The van der Waals surface area contributed by atoms with Crippen molar-refractivity contribution in [2.75, 3.05) is 0 Å². The summed E-state index contributed by atoms with van der Waals surface area (Å²) in [6.45, 7) is 13.1. The summed E-state index contributed by atoms with van der Waals surface area (Å²) in [5, 5.41) is 0. The molecule has 5 rings (SSSR count). The zero-order chi connectivity index (χ0) is 24.7. The van der Waals surface area contributed by atoms with E-state index < -0.39 is 0 Å². The summed E-state index contributed by atoms with van der Waals surface area (Å²) >= 11 is 0. The number of hydrogen-bond acceptors (Lipinski definition) is 3. The Bertz CT molecular complexity index is 1500. The Labute approximate surface area is 207 Å². The lowest BCUT2D eigenvalue weighted by atomic mass is 9.89. The highest BCUT2D eigenvalue weighted by Crippen LogP contribution is 2.37. The molecular weight excluding hydrogens is 428 g/mol. The van der Waals surface area contributed by atoms with Crippen LogP contribution >= 0.6 is 0 Å². The van der Waals surface area contributed by atoms with Gasteiger partial charge in [-0.05, 0) is 77.3 Å². The minimum absolute atomic E-state index is 0.108. The van der Waals surface area contributed by atoms with Gasteiger partial charge in [-0.3, -0.25) is 4.98 Å². The van der Waals surface area contributed by atoms with E-state index in [1.54, 1.807) is 0 Å². The molecule has 0 aliphatic carbocycles. The quantitative estimate of drug-likeness (QED) is 0.269. The van der Waals surface area contributed by atoms with Crippen LogP contribution in [0.5, 0.6) is 0 Å². The first-order valence-corrected chi connectivity index (χ1v) is 12.2. The van der Waals surface area contributed by atoms with Crippen LogP contribution in [-0.2, 0) is 6.42 Å². The van der Waals surface area contributed by atoms with Crippen molar-refractivity contribution in [2.45, 2.75) is 48.0 Å². The summed E-state index contributed by atoms with van der Waals surface area (Å²) in [5.41, 5.74) is 12.4. The average Bonchev–Trinajstić information content (AvgIpc) is 3.21. The highest BCUT2D eigenvalue weighted by atomic mass is 16.3. The van der Waals surface area contributed by atoms with Crippen LogP contribution in [0.25, 0.3) is 44.6 Å². The number of aromatic nitrogens is 2. The minimum atomic E-state index is 0.108. The molecule has 0 aliphatic heterocycles. The van der Waals surface area contributed by atoms with E-state index in [9.17, 15) is 0 Å². The van der Waals surface area contributed by atoms with Crippen LogP contribution in [0, 0.1) is 26.2 Å². The lowest BCUT2D eigenvalue weighted by Crippen LogP contribution is -2.09. The number of benzene rings is 3. The first kappa shape index (κ1) is 23.0. The predicted molar refractivity (Wildman–Crippen MR) is 145 cm³/mol. The van der Waals surface area contributed by atoms with Gasteiger partial charge in [0.05, 0.1) is 5.69 Å². The lowest BCUT2D eigenvalue weighted by molar-refractivity contribution is 0.362. The highest BCUT2D eigenvalue weighted by molar-refractivity contribution is 5.91. The van der Waals surface area contributed by atoms with E-state index in [1.807, 2.05) is 18.3 Å². The smallest absolute Gasteiger partial charge is 0.196 e. The maximum absolute atomic E-state index is 6.10. The first-order valence-electron chi connectivity index (χ1n) is 12.2. The van der Waals surface area contributed by atoms with E-state index in [0.29, 0.717) is 0 Å². The molecule has 0 fully saturated rings. The number of oxazole rings is 1. The molecule has 0 radical (unpaired) electrons. The van der Waals surface area contributed by atoms with Crippen LogP contribution in [0.4, 0.5) is 0 Å². The second-order valence-electron chi connectivity index (χ2n) is 10.7. The molecule has 3 heteroatoms. The molecule has 176 valence electrons. The van der Waals surface area contributed by atoms with E-state index in [1.165, 1.54) is 33.4 Å². The molecule has 0 bridgehead atoms. The zero-order valence-electron chi connectivity index (χ0n) is 21.4. The molecular formula is C32H32N2O. The monoisotopic (exact) mass is 460 g/mol. The SMILES string of the molecule is Cc1cnc(-c2cccc3oc(CC(C)(C)C)nc23)cc1-c1c(C)cc(-c2ccccc2)cc1C. The van der Waals surface area contributed by atoms with Crippen LogP contribution in [0.1, 0.15) is 43.4 Å². The van der Waals surface area contributed by atoms with E-state index in [0.717, 1.165) is 40.2 Å². The summed E-state index contributed by atoms with van der Waals surface area (Å²) < 4.78 is 6.10. The van der Waals surface area contributed by atoms with Crippen molar-refractivity contribution in [3.05, 3.63) is 95.5 Å². The van der Waals surface area contributed by atoms with Gasteiger partial charge in [-0.15, -0.1) is 0 Å². The van der Waals surface area contributed by atoms with Gasteiger partial charge in [0.15, 0.2) is 11.5 Å². The van der Waals surface area contributed by atoms with Gasteiger partial charge in [0.1, 0.15) is 5.52 Å². The van der Waals surface area contributed by atoms with Crippen molar-refractivity contribution < 1.29 is 4.42 Å².